The predicted octanol–water partition coefficient (Wildman–Crippen LogP) is 1.12. The van der Waals surface area contributed by atoms with Crippen LogP contribution in [0.2, 0.25) is 0 Å². The molecule has 0 saturated carbocycles. The third-order valence-corrected chi connectivity index (χ3v) is 3.40. The number of methoxy groups -OCH3 is 1. The number of ether oxygens (including phenoxy) is 1. The summed E-state index contributed by atoms with van der Waals surface area (Å²) in [6, 6.07) is 5.31. The number of piperidine rings is 1. The fourth-order valence-electron chi connectivity index (χ4n) is 2.48. The normalized spacial score (nSPS) is 19.6. The summed E-state index contributed by atoms with van der Waals surface area (Å²) < 4.78 is 5.20. The first-order valence-corrected chi connectivity index (χ1v) is 6.13. The van der Waals surface area contributed by atoms with Crippen molar-refractivity contribution in [2.45, 2.75) is 25.3 Å². The molecule has 2 rings (SSSR count). The quantitative estimate of drug-likeness (QED) is 0.786. The van der Waals surface area contributed by atoms with E-state index >= 15 is 0 Å². The van der Waals surface area contributed by atoms with Crippen LogP contribution in [0.25, 0.3) is 0 Å². The summed E-state index contributed by atoms with van der Waals surface area (Å²) in [6.07, 6.45) is 2.85. The number of para-hydroxylation sites is 1. The number of nitrogens with zero attached hydrogens (tertiary/aromatic N) is 1. The number of carbonyl (C=O) groups is 1. The van der Waals surface area contributed by atoms with Gasteiger partial charge in [0.25, 0.3) is 0 Å². The lowest BCUT2D eigenvalue weighted by Crippen LogP contribution is -2.48. The Morgan fingerprint density at radius 2 is 2.22 bits per heavy atom. The first-order valence-electron chi connectivity index (χ1n) is 6.13. The van der Waals surface area contributed by atoms with E-state index in [-0.39, 0.29) is 11.9 Å². The van der Waals surface area contributed by atoms with Crippen LogP contribution in [0.3, 0.4) is 0 Å². The van der Waals surface area contributed by atoms with Crippen molar-refractivity contribution < 1.29 is 9.53 Å². The van der Waals surface area contributed by atoms with E-state index in [2.05, 4.69) is 0 Å². The lowest BCUT2D eigenvalue weighted by Gasteiger charge is -2.36. The van der Waals surface area contributed by atoms with Crippen molar-refractivity contribution in [1.82, 2.24) is 0 Å². The maximum absolute atomic E-state index is 11.5. The fourth-order valence-corrected chi connectivity index (χ4v) is 2.48. The SMILES string of the molecule is COc1cccc(N2CCCCC2C(N)=O)c1N. The molecule has 0 aromatic heterocycles. The molecular formula is C13H19N3O2. The number of benzene rings is 1. The van der Waals surface area contributed by atoms with Crippen molar-refractivity contribution in [3.8, 4) is 5.75 Å². The number of primary amides is 1. The number of carbonyl (C=O) groups excluding carboxylic acids is 1. The molecule has 0 aliphatic carbocycles. The van der Waals surface area contributed by atoms with E-state index in [9.17, 15) is 4.79 Å². The molecule has 5 heteroatoms. The monoisotopic (exact) mass is 249 g/mol. The van der Waals surface area contributed by atoms with Gasteiger partial charge in [-0.25, -0.2) is 0 Å². The Balaban J connectivity index is 2.36. The molecule has 1 atom stereocenters. The van der Waals surface area contributed by atoms with Gasteiger partial charge in [0.1, 0.15) is 11.8 Å². The number of nitrogens with two attached hydrogens (primary N) is 2. The lowest BCUT2D eigenvalue weighted by atomic mass is 10.00. The summed E-state index contributed by atoms with van der Waals surface area (Å²) in [5.74, 6) is 0.332. The average molecular weight is 249 g/mol. The molecule has 1 heterocycles. The minimum atomic E-state index is -0.295. The fraction of sp³-hybridized carbons (Fsp3) is 0.462. The zero-order valence-electron chi connectivity index (χ0n) is 10.6. The molecule has 4 N–H and O–H groups in total. The smallest absolute Gasteiger partial charge is 0.240 e. The van der Waals surface area contributed by atoms with E-state index in [1.54, 1.807) is 7.11 Å². The molecule has 0 radical (unpaired) electrons. The van der Waals surface area contributed by atoms with Crippen molar-refractivity contribution >= 4 is 17.3 Å². The second-order valence-electron chi connectivity index (χ2n) is 4.50. The molecule has 1 amide bonds. The Bertz CT molecular complexity index is 448. The van der Waals surface area contributed by atoms with E-state index in [0.29, 0.717) is 11.4 Å². The van der Waals surface area contributed by atoms with Gasteiger partial charge in [-0.15, -0.1) is 0 Å². The Morgan fingerprint density at radius 1 is 1.44 bits per heavy atom. The van der Waals surface area contributed by atoms with Gasteiger partial charge in [0.15, 0.2) is 0 Å². The minimum Gasteiger partial charge on any atom is -0.495 e. The third kappa shape index (κ3) is 2.20. The average Bonchev–Trinajstić information content (AvgIpc) is 2.39. The van der Waals surface area contributed by atoms with Crippen LogP contribution in [-0.4, -0.2) is 25.6 Å². The number of anilines is 2. The molecule has 1 fully saturated rings. The van der Waals surface area contributed by atoms with Crippen LogP contribution in [0.5, 0.6) is 5.75 Å². The highest BCUT2D eigenvalue weighted by atomic mass is 16.5. The molecule has 1 aliphatic heterocycles. The maximum Gasteiger partial charge on any atom is 0.240 e. The molecule has 1 aromatic rings. The standard InChI is InChI=1S/C13H19N3O2/c1-18-11-7-4-6-9(12(11)14)16-8-3-2-5-10(16)13(15)17/h4,6-7,10H,2-3,5,8,14H2,1H3,(H2,15,17). The molecule has 98 valence electrons. The maximum atomic E-state index is 11.5. The van der Waals surface area contributed by atoms with E-state index in [1.165, 1.54) is 0 Å². The summed E-state index contributed by atoms with van der Waals surface area (Å²) >= 11 is 0. The molecular weight excluding hydrogens is 230 g/mol. The molecule has 18 heavy (non-hydrogen) atoms. The molecule has 1 aromatic carbocycles. The van der Waals surface area contributed by atoms with Crippen molar-refractivity contribution in [3.63, 3.8) is 0 Å². The van der Waals surface area contributed by atoms with Crippen LogP contribution in [0.1, 0.15) is 19.3 Å². The largest absolute Gasteiger partial charge is 0.495 e. The second kappa shape index (κ2) is 5.16. The molecule has 1 unspecified atom stereocenters. The first-order chi connectivity index (χ1) is 8.65. The summed E-state index contributed by atoms with van der Waals surface area (Å²) in [5, 5.41) is 0. The summed E-state index contributed by atoms with van der Waals surface area (Å²) in [6.45, 7) is 0.797. The first kappa shape index (κ1) is 12.5. The van der Waals surface area contributed by atoms with Crippen molar-refractivity contribution in [1.29, 1.82) is 0 Å². The topological polar surface area (TPSA) is 81.6 Å². The molecule has 0 bridgehead atoms. The zero-order chi connectivity index (χ0) is 13.1. The Kier molecular flexibility index (Phi) is 3.60. The molecule has 1 saturated heterocycles. The van der Waals surface area contributed by atoms with Gasteiger partial charge >= 0.3 is 0 Å². The lowest BCUT2D eigenvalue weighted by molar-refractivity contribution is -0.119. The van der Waals surface area contributed by atoms with Gasteiger partial charge in [-0.05, 0) is 31.4 Å². The van der Waals surface area contributed by atoms with Crippen LogP contribution in [0.4, 0.5) is 11.4 Å². The van der Waals surface area contributed by atoms with Crippen LogP contribution >= 0.6 is 0 Å². The number of rotatable bonds is 3. The number of hydrogen-bond donors (Lipinski definition) is 2. The van der Waals surface area contributed by atoms with Crippen LogP contribution in [0.15, 0.2) is 18.2 Å². The third-order valence-electron chi connectivity index (χ3n) is 3.40. The van der Waals surface area contributed by atoms with Crippen molar-refractivity contribution in [2.75, 3.05) is 24.3 Å². The zero-order valence-corrected chi connectivity index (χ0v) is 10.6. The van der Waals surface area contributed by atoms with Crippen LogP contribution in [-0.2, 0) is 4.79 Å². The Labute approximate surface area is 107 Å². The van der Waals surface area contributed by atoms with Crippen LogP contribution < -0.4 is 21.1 Å². The number of hydrogen-bond acceptors (Lipinski definition) is 4. The van der Waals surface area contributed by atoms with Crippen molar-refractivity contribution in [3.05, 3.63) is 18.2 Å². The Morgan fingerprint density at radius 3 is 2.89 bits per heavy atom. The van der Waals surface area contributed by atoms with Gasteiger partial charge in [-0.1, -0.05) is 6.07 Å². The van der Waals surface area contributed by atoms with Crippen LogP contribution in [0, 0.1) is 0 Å². The highest BCUT2D eigenvalue weighted by Gasteiger charge is 2.28. The van der Waals surface area contributed by atoms with Gasteiger partial charge in [0.05, 0.1) is 18.5 Å². The summed E-state index contributed by atoms with van der Waals surface area (Å²) in [5.41, 5.74) is 12.9. The van der Waals surface area contributed by atoms with Gasteiger partial charge in [-0.2, -0.15) is 0 Å². The number of amides is 1. The van der Waals surface area contributed by atoms with Gasteiger partial charge < -0.3 is 21.1 Å². The van der Waals surface area contributed by atoms with Crippen molar-refractivity contribution in [2.24, 2.45) is 5.73 Å². The summed E-state index contributed by atoms with van der Waals surface area (Å²) in [7, 11) is 1.58. The van der Waals surface area contributed by atoms with E-state index in [0.717, 1.165) is 31.5 Å². The minimum absolute atomic E-state index is 0.270. The second-order valence-corrected chi connectivity index (χ2v) is 4.50. The highest BCUT2D eigenvalue weighted by Crippen LogP contribution is 2.35. The van der Waals surface area contributed by atoms with Gasteiger partial charge in [0, 0.05) is 6.54 Å². The summed E-state index contributed by atoms with van der Waals surface area (Å²) in [4.78, 5) is 13.5. The van der Waals surface area contributed by atoms with Gasteiger partial charge in [-0.3, -0.25) is 4.79 Å². The molecule has 0 spiro atoms. The predicted molar refractivity (Wildman–Crippen MR) is 71.6 cm³/mol. The molecule has 5 nitrogen and oxygen atoms in total. The number of nitrogen functional groups attached to an aromatic ring is 1. The van der Waals surface area contributed by atoms with Gasteiger partial charge in [0.2, 0.25) is 5.91 Å². The van der Waals surface area contributed by atoms with E-state index < -0.39 is 0 Å². The highest BCUT2D eigenvalue weighted by molar-refractivity contribution is 5.86. The molecule has 1 aliphatic rings. The van der Waals surface area contributed by atoms with E-state index in [4.69, 9.17) is 16.2 Å². The van der Waals surface area contributed by atoms with E-state index in [1.807, 2.05) is 23.1 Å². The Hall–Kier alpha value is -1.91.